The summed E-state index contributed by atoms with van der Waals surface area (Å²) in [5.74, 6) is -0.300. The molecular formula is C9H14NO3. The van der Waals surface area contributed by atoms with Gasteiger partial charge in [0.15, 0.2) is 0 Å². The Morgan fingerprint density at radius 3 is 3.00 bits per heavy atom. The summed E-state index contributed by atoms with van der Waals surface area (Å²) in [4.78, 5) is 23.2. The van der Waals surface area contributed by atoms with Gasteiger partial charge >= 0.3 is 12.4 Å². The molecule has 0 bridgehead atoms. The van der Waals surface area contributed by atoms with Crippen molar-refractivity contribution < 1.29 is 14.3 Å². The molecule has 0 aliphatic carbocycles. The van der Waals surface area contributed by atoms with Crippen LogP contribution in [0.15, 0.2) is 0 Å². The number of nitrogens with zero attached hydrogens (tertiary/aromatic N) is 1. The van der Waals surface area contributed by atoms with E-state index in [2.05, 4.69) is 0 Å². The van der Waals surface area contributed by atoms with Crippen LogP contribution in [0.25, 0.3) is 0 Å². The van der Waals surface area contributed by atoms with Gasteiger partial charge in [-0.05, 0) is 26.2 Å². The van der Waals surface area contributed by atoms with Gasteiger partial charge < -0.3 is 9.64 Å². The lowest BCUT2D eigenvalue weighted by molar-refractivity contribution is -0.149. The molecule has 1 fully saturated rings. The number of hydrogen-bond acceptors (Lipinski definition) is 3. The molecule has 1 saturated heterocycles. The Balaban J connectivity index is 2.53. The molecule has 1 heterocycles. The van der Waals surface area contributed by atoms with Gasteiger partial charge in [0.2, 0.25) is 0 Å². The Hall–Kier alpha value is -1.06. The smallest absolute Gasteiger partial charge is 0.328 e. The molecule has 4 nitrogen and oxygen atoms in total. The molecule has 0 aromatic heterocycles. The predicted octanol–water partition coefficient (Wildman–Crippen LogP) is 0.471. The van der Waals surface area contributed by atoms with Crippen molar-refractivity contribution in [2.75, 3.05) is 13.2 Å². The molecule has 0 N–H and O–H groups in total. The third-order valence-corrected chi connectivity index (χ3v) is 2.18. The topological polar surface area (TPSA) is 46.6 Å². The van der Waals surface area contributed by atoms with Gasteiger partial charge in [0.25, 0.3) is 0 Å². The summed E-state index contributed by atoms with van der Waals surface area (Å²) in [6.45, 7) is 2.74. The highest BCUT2D eigenvalue weighted by atomic mass is 16.5. The number of carbonyl (C=O) groups excluding carboxylic acids is 2. The van der Waals surface area contributed by atoms with Crippen molar-refractivity contribution in [2.45, 2.75) is 32.2 Å². The molecule has 1 rings (SSSR count). The van der Waals surface area contributed by atoms with E-state index < -0.39 is 6.04 Å². The van der Waals surface area contributed by atoms with Crippen LogP contribution in [0.5, 0.6) is 0 Å². The quantitative estimate of drug-likeness (QED) is 0.599. The van der Waals surface area contributed by atoms with Crippen LogP contribution in [0.2, 0.25) is 0 Å². The molecular weight excluding hydrogens is 170 g/mol. The van der Waals surface area contributed by atoms with Gasteiger partial charge in [-0.1, -0.05) is 0 Å². The number of amides is 1. The first-order valence-corrected chi connectivity index (χ1v) is 4.60. The summed E-state index contributed by atoms with van der Waals surface area (Å²) in [7, 11) is 0. The third kappa shape index (κ3) is 2.44. The zero-order chi connectivity index (χ0) is 9.68. The van der Waals surface area contributed by atoms with Crippen LogP contribution in [0.3, 0.4) is 0 Å². The lowest BCUT2D eigenvalue weighted by atomic mass is 10.0. The molecule has 0 aromatic rings. The second kappa shape index (κ2) is 4.84. The Morgan fingerprint density at radius 2 is 2.38 bits per heavy atom. The van der Waals surface area contributed by atoms with Crippen LogP contribution in [0.4, 0.5) is 0 Å². The van der Waals surface area contributed by atoms with E-state index in [1.807, 2.05) is 0 Å². The number of ether oxygens (including phenoxy) is 1. The first kappa shape index (κ1) is 10.0. The molecule has 1 amide bonds. The number of likely N-dealkylation sites (tertiary alicyclic amines) is 1. The summed E-state index contributed by atoms with van der Waals surface area (Å²) >= 11 is 0. The molecule has 4 heteroatoms. The number of rotatable bonds is 3. The van der Waals surface area contributed by atoms with E-state index in [0.717, 1.165) is 12.8 Å². The van der Waals surface area contributed by atoms with E-state index in [4.69, 9.17) is 4.74 Å². The van der Waals surface area contributed by atoms with Crippen LogP contribution >= 0.6 is 0 Å². The van der Waals surface area contributed by atoms with Gasteiger partial charge in [0, 0.05) is 6.54 Å². The molecule has 0 aromatic carbocycles. The fourth-order valence-corrected chi connectivity index (χ4v) is 1.52. The minimum atomic E-state index is -0.397. The molecule has 73 valence electrons. The zero-order valence-corrected chi connectivity index (χ0v) is 7.78. The van der Waals surface area contributed by atoms with Crippen LogP contribution in [-0.2, 0) is 14.3 Å². The van der Waals surface area contributed by atoms with Crippen LogP contribution in [0.1, 0.15) is 26.2 Å². The average Bonchev–Trinajstić information content (AvgIpc) is 2.18. The number of hydrogen-bond donors (Lipinski definition) is 0. The molecule has 0 saturated carbocycles. The third-order valence-electron chi connectivity index (χ3n) is 2.18. The van der Waals surface area contributed by atoms with Crippen LogP contribution in [0, 0.1) is 0 Å². The van der Waals surface area contributed by atoms with Gasteiger partial charge in [0.05, 0.1) is 6.61 Å². The maximum absolute atomic E-state index is 11.3. The maximum atomic E-state index is 11.3. The fourth-order valence-electron chi connectivity index (χ4n) is 1.52. The van der Waals surface area contributed by atoms with Crippen molar-refractivity contribution in [3.05, 3.63) is 0 Å². The average molecular weight is 184 g/mol. The number of piperidine rings is 1. The molecule has 0 spiro atoms. The normalized spacial score (nSPS) is 22.5. The monoisotopic (exact) mass is 184 g/mol. The molecule has 1 aliphatic heterocycles. The molecule has 1 atom stereocenters. The Labute approximate surface area is 77.8 Å². The van der Waals surface area contributed by atoms with Crippen molar-refractivity contribution in [1.82, 2.24) is 4.90 Å². The lowest BCUT2D eigenvalue weighted by Crippen LogP contribution is -2.44. The first-order chi connectivity index (χ1) is 6.29. The minimum Gasteiger partial charge on any atom is -0.464 e. The van der Waals surface area contributed by atoms with Crippen molar-refractivity contribution >= 4 is 12.4 Å². The maximum Gasteiger partial charge on any atom is 0.328 e. The largest absolute Gasteiger partial charge is 0.464 e. The molecule has 1 radical (unpaired) electrons. The lowest BCUT2D eigenvalue weighted by Gasteiger charge is -2.29. The summed E-state index contributed by atoms with van der Waals surface area (Å²) < 4.78 is 4.85. The van der Waals surface area contributed by atoms with E-state index in [1.165, 1.54) is 4.90 Å². The van der Waals surface area contributed by atoms with Crippen molar-refractivity contribution in [3.63, 3.8) is 0 Å². The Bertz CT molecular complexity index is 193. The van der Waals surface area contributed by atoms with Gasteiger partial charge in [-0.2, -0.15) is 0 Å². The van der Waals surface area contributed by atoms with Crippen LogP contribution < -0.4 is 0 Å². The second-order valence-corrected chi connectivity index (χ2v) is 3.05. The van der Waals surface area contributed by atoms with Crippen molar-refractivity contribution in [3.8, 4) is 0 Å². The summed E-state index contributed by atoms with van der Waals surface area (Å²) in [6.07, 6.45) is 4.40. The standard InChI is InChI=1S/C9H14NO3/c1-2-13-9(12)8-5-3-4-6-10(8)7-11/h8H,2-6H2,1H3. The van der Waals surface area contributed by atoms with Crippen molar-refractivity contribution in [1.29, 1.82) is 0 Å². The number of esters is 1. The summed E-state index contributed by atoms with van der Waals surface area (Å²) in [6, 6.07) is -0.397. The zero-order valence-electron chi connectivity index (χ0n) is 7.78. The Kier molecular flexibility index (Phi) is 3.73. The number of carbonyl (C=O) groups is 1. The van der Waals surface area contributed by atoms with Gasteiger partial charge in [0.1, 0.15) is 6.04 Å². The van der Waals surface area contributed by atoms with E-state index in [1.54, 1.807) is 13.3 Å². The minimum absolute atomic E-state index is 0.300. The van der Waals surface area contributed by atoms with E-state index in [-0.39, 0.29) is 5.97 Å². The molecule has 13 heavy (non-hydrogen) atoms. The van der Waals surface area contributed by atoms with Gasteiger partial charge in [-0.3, -0.25) is 4.79 Å². The highest BCUT2D eigenvalue weighted by Crippen LogP contribution is 2.16. The highest BCUT2D eigenvalue weighted by molar-refractivity contribution is 5.78. The summed E-state index contributed by atoms with van der Waals surface area (Å²) in [5.41, 5.74) is 0. The van der Waals surface area contributed by atoms with E-state index in [0.29, 0.717) is 19.6 Å². The first-order valence-electron chi connectivity index (χ1n) is 4.60. The summed E-state index contributed by atoms with van der Waals surface area (Å²) in [5, 5.41) is 0. The van der Waals surface area contributed by atoms with Gasteiger partial charge in [-0.25, -0.2) is 4.79 Å². The van der Waals surface area contributed by atoms with E-state index >= 15 is 0 Å². The van der Waals surface area contributed by atoms with Crippen molar-refractivity contribution in [2.24, 2.45) is 0 Å². The Morgan fingerprint density at radius 1 is 1.62 bits per heavy atom. The molecule has 1 aliphatic rings. The fraction of sp³-hybridized carbons (Fsp3) is 0.778. The van der Waals surface area contributed by atoms with Crippen LogP contribution in [-0.4, -0.2) is 36.5 Å². The predicted molar refractivity (Wildman–Crippen MR) is 46.7 cm³/mol. The van der Waals surface area contributed by atoms with Gasteiger partial charge in [-0.15, -0.1) is 0 Å². The van der Waals surface area contributed by atoms with E-state index in [9.17, 15) is 9.59 Å². The highest BCUT2D eigenvalue weighted by Gasteiger charge is 2.29. The SMILES string of the molecule is CCOC(=O)C1CCCCN1[C]=O. The molecule has 1 unspecified atom stereocenters. The second-order valence-electron chi connectivity index (χ2n) is 3.05.